The minimum atomic E-state index is 0.0492. The summed E-state index contributed by atoms with van der Waals surface area (Å²) in [6, 6.07) is 18.5. The van der Waals surface area contributed by atoms with Crippen LogP contribution in [0.2, 0.25) is 0 Å². The second kappa shape index (κ2) is 7.54. The predicted octanol–water partition coefficient (Wildman–Crippen LogP) is 3.89. The van der Waals surface area contributed by atoms with E-state index in [4.69, 9.17) is 4.52 Å². The summed E-state index contributed by atoms with van der Waals surface area (Å²) in [7, 11) is 0. The lowest BCUT2D eigenvalue weighted by atomic mass is 9.88. The number of aromatic nitrogens is 3. The minimum Gasteiger partial charge on any atom is -0.361 e. The summed E-state index contributed by atoms with van der Waals surface area (Å²) >= 11 is 0. The van der Waals surface area contributed by atoms with E-state index in [0.29, 0.717) is 25.3 Å². The number of amides is 1. The van der Waals surface area contributed by atoms with Gasteiger partial charge in [0.15, 0.2) is 5.82 Å². The van der Waals surface area contributed by atoms with E-state index in [1.165, 1.54) is 22.9 Å². The van der Waals surface area contributed by atoms with Gasteiger partial charge in [-0.25, -0.2) is 0 Å². The summed E-state index contributed by atoms with van der Waals surface area (Å²) in [6.07, 6.45) is 4.58. The van der Waals surface area contributed by atoms with Gasteiger partial charge in [-0.3, -0.25) is 4.79 Å². The molecule has 2 aromatic carbocycles. The number of hydrogen-bond acceptors (Lipinski definition) is 4. The van der Waals surface area contributed by atoms with Crippen LogP contribution in [0, 0.1) is 0 Å². The Hall–Kier alpha value is -3.41. The fraction of sp³-hybridized carbons (Fsp3) is 0.261. The molecule has 6 nitrogen and oxygen atoms in total. The summed E-state index contributed by atoms with van der Waals surface area (Å²) < 4.78 is 4.98. The minimum absolute atomic E-state index is 0.0492. The Morgan fingerprint density at radius 2 is 1.86 bits per heavy atom. The Morgan fingerprint density at radius 3 is 2.69 bits per heavy atom. The lowest BCUT2D eigenvalue weighted by molar-refractivity contribution is -0.130. The Bertz CT molecular complexity index is 1100. The third kappa shape index (κ3) is 3.42. The Labute approximate surface area is 168 Å². The first-order chi connectivity index (χ1) is 14.3. The Balaban J connectivity index is 1.32. The molecular weight excluding hydrogens is 364 g/mol. The van der Waals surface area contributed by atoms with Crippen molar-refractivity contribution in [2.24, 2.45) is 0 Å². The Morgan fingerprint density at radius 1 is 1.07 bits per heavy atom. The van der Waals surface area contributed by atoms with Crippen molar-refractivity contribution in [3.8, 4) is 0 Å². The third-order valence-corrected chi connectivity index (χ3v) is 5.89. The first kappa shape index (κ1) is 17.7. The van der Waals surface area contributed by atoms with Crippen LogP contribution >= 0.6 is 0 Å². The van der Waals surface area contributed by atoms with Gasteiger partial charge < -0.3 is 14.4 Å². The highest BCUT2D eigenvalue weighted by Crippen LogP contribution is 2.38. The average molecular weight is 386 g/mol. The number of fused-ring (bicyclic) bond motifs is 1. The lowest BCUT2D eigenvalue weighted by Crippen LogP contribution is -2.29. The summed E-state index contributed by atoms with van der Waals surface area (Å²) in [4.78, 5) is 22.5. The predicted molar refractivity (Wildman–Crippen MR) is 109 cm³/mol. The molecule has 0 unspecified atom stereocenters. The monoisotopic (exact) mass is 386 g/mol. The second-order valence-electron chi connectivity index (χ2n) is 7.57. The van der Waals surface area contributed by atoms with E-state index < -0.39 is 0 Å². The zero-order valence-corrected chi connectivity index (χ0v) is 16.0. The molecule has 5 rings (SSSR count). The van der Waals surface area contributed by atoms with Crippen molar-refractivity contribution in [1.29, 1.82) is 0 Å². The molecule has 0 bridgehead atoms. The van der Waals surface area contributed by atoms with Crippen molar-refractivity contribution in [2.45, 2.75) is 24.7 Å². The Kier molecular flexibility index (Phi) is 4.60. The van der Waals surface area contributed by atoms with E-state index in [-0.39, 0.29) is 17.7 Å². The molecular formula is C23H22N4O2. The number of likely N-dealkylation sites (tertiary alicyclic amines) is 1. The maximum atomic E-state index is 13.0. The summed E-state index contributed by atoms with van der Waals surface area (Å²) in [5.41, 5.74) is 3.49. The standard InChI is InChI=1S/C23H22N4O2/c28-22(11-10-17-12-24-21-9-5-4-8-18(17)21)27-13-19(16-6-2-1-3-7-16)20(14-27)23-25-15-29-26-23/h1-9,12,15,19-20,24H,10-11,13-14H2/t19-,20+/m1/s1. The van der Waals surface area contributed by atoms with Gasteiger partial charge in [-0.1, -0.05) is 53.7 Å². The molecule has 4 aromatic rings. The molecule has 2 atom stereocenters. The van der Waals surface area contributed by atoms with Crippen molar-refractivity contribution in [1.82, 2.24) is 20.0 Å². The van der Waals surface area contributed by atoms with Crippen LogP contribution in [0.5, 0.6) is 0 Å². The number of hydrogen-bond donors (Lipinski definition) is 1. The average Bonchev–Trinajstić information content (AvgIpc) is 3.52. The van der Waals surface area contributed by atoms with Gasteiger partial charge in [0.25, 0.3) is 0 Å². The van der Waals surface area contributed by atoms with Gasteiger partial charge >= 0.3 is 0 Å². The number of carbonyl (C=O) groups excluding carboxylic acids is 1. The quantitative estimate of drug-likeness (QED) is 0.565. The first-order valence-corrected chi connectivity index (χ1v) is 9.93. The van der Waals surface area contributed by atoms with Crippen molar-refractivity contribution >= 4 is 16.8 Å². The van der Waals surface area contributed by atoms with E-state index in [0.717, 1.165) is 11.9 Å². The molecule has 0 aliphatic carbocycles. The molecule has 1 fully saturated rings. The number of carbonyl (C=O) groups is 1. The van der Waals surface area contributed by atoms with Crippen LogP contribution in [0.4, 0.5) is 0 Å². The van der Waals surface area contributed by atoms with Crippen molar-refractivity contribution in [2.75, 3.05) is 13.1 Å². The molecule has 29 heavy (non-hydrogen) atoms. The number of nitrogens with zero attached hydrogens (tertiary/aromatic N) is 3. The van der Waals surface area contributed by atoms with Gasteiger partial charge in [-0.2, -0.15) is 4.98 Å². The summed E-state index contributed by atoms with van der Waals surface area (Å²) in [5.74, 6) is 1.06. The molecule has 146 valence electrons. The summed E-state index contributed by atoms with van der Waals surface area (Å²) in [6.45, 7) is 1.29. The van der Waals surface area contributed by atoms with Crippen LogP contribution in [0.1, 0.15) is 35.2 Å². The number of aromatic amines is 1. The fourth-order valence-electron chi connectivity index (χ4n) is 4.39. The number of para-hydroxylation sites is 1. The summed E-state index contributed by atoms with van der Waals surface area (Å²) in [5, 5.41) is 5.25. The van der Waals surface area contributed by atoms with Crippen LogP contribution in [-0.2, 0) is 11.2 Å². The molecule has 0 spiro atoms. The number of benzene rings is 2. The highest BCUT2D eigenvalue weighted by molar-refractivity contribution is 5.84. The molecule has 1 amide bonds. The highest BCUT2D eigenvalue weighted by atomic mass is 16.5. The van der Waals surface area contributed by atoms with E-state index in [2.05, 4.69) is 39.4 Å². The van der Waals surface area contributed by atoms with Crippen LogP contribution in [0.25, 0.3) is 10.9 Å². The van der Waals surface area contributed by atoms with Crippen molar-refractivity contribution in [3.63, 3.8) is 0 Å². The zero-order valence-electron chi connectivity index (χ0n) is 16.0. The van der Waals surface area contributed by atoms with E-state index in [9.17, 15) is 4.79 Å². The molecule has 1 aliphatic rings. The largest absolute Gasteiger partial charge is 0.361 e. The van der Waals surface area contributed by atoms with Crippen LogP contribution in [-0.4, -0.2) is 39.0 Å². The normalized spacial score (nSPS) is 19.1. The third-order valence-electron chi connectivity index (χ3n) is 5.89. The van der Waals surface area contributed by atoms with E-state index >= 15 is 0 Å². The second-order valence-corrected chi connectivity index (χ2v) is 7.57. The van der Waals surface area contributed by atoms with Gasteiger partial charge in [0.05, 0.1) is 0 Å². The smallest absolute Gasteiger partial charge is 0.222 e. The molecule has 0 saturated carbocycles. The number of aryl methyl sites for hydroxylation is 1. The zero-order chi connectivity index (χ0) is 19.6. The van der Waals surface area contributed by atoms with Gasteiger partial charge in [-0.15, -0.1) is 0 Å². The van der Waals surface area contributed by atoms with Gasteiger partial charge in [0.1, 0.15) is 0 Å². The van der Waals surface area contributed by atoms with Gasteiger partial charge in [-0.05, 0) is 23.6 Å². The van der Waals surface area contributed by atoms with Gasteiger partial charge in [0.2, 0.25) is 12.3 Å². The number of H-pyrrole nitrogens is 1. The molecule has 6 heteroatoms. The van der Waals surface area contributed by atoms with Crippen molar-refractivity contribution in [3.05, 3.63) is 84.1 Å². The van der Waals surface area contributed by atoms with Crippen molar-refractivity contribution < 1.29 is 9.32 Å². The number of nitrogens with one attached hydrogen (secondary N) is 1. The molecule has 1 N–H and O–H groups in total. The van der Waals surface area contributed by atoms with Crippen LogP contribution in [0.15, 0.2) is 71.7 Å². The first-order valence-electron chi connectivity index (χ1n) is 9.93. The molecule has 0 radical (unpaired) electrons. The lowest BCUT2D eigenvalue weighted by Gasteiger charge is -2.16. The topological polar surface area (TPSA) is 75.0 Å². The maximum absolute atomic E-state index is 13.0. The van der Waals surface area contributed by atoms with E-state index in [1.807, 2.05) is 41.4 Å². The molecule has 1 saturated heterocycles. The number of rotatable bonds is 5. The molecule has 3 heterocycles. The highest BCUT2D eigenvalue weighted by Gasteiger charge is 2.39. The maximum Gasteiger partial charge on any atom is 0.222 e. The van der Waals surface area contributed by atoms with E-state index in [1.54, 1.807) is 0 Å². The van der Waals surface area contributed by atoms with Gasteiger partial charge in [0, 0.05) is 48.4 Å². The molecule has 1 aliphatic heterocycles. The molecule has 2 aromatic heterocycles. The fourth-order valence-corrected chi connectivity index (χ4v) is 4.39. The SMILES string of the molecule is O=C(CCc1c[nH]c2ccccc12)N1C[C@H](c2ccccc2)[C@@H](c2ncon2)C1. The van der Waals surface area contributed by atoms with Crippen LogP contribution < -0.4 is 0 Å². The van der Waals surface area contributed by atoms with Crippen LogP contribution in [0.3, 0.4) is 0 Å².